The number of unbranched alkanes of at least 4 members (excludes halogenated alkanes) is 7. The SMILES string of the molecule is CCCCCCCCCCNc1c(F)cc(N)cc1F. The molecule has 0 unspecified atom stereocenters. The number of benzene rings is 1. The van der Waals surface area contributed by atoms with Gasteiger partial charge in [0.25, 0.3) is 0 Å². The lowest BCUT2D eigenvalue weighted by Crippen LogP contribution is -2.06. The smallest absolute Gasteiger partial charge is 0.151 e. The van der Waals surface area contributed by atoms with Gasteiger partial charge in [-0.25, -0.2) is 8.78 Å². The van der Waals surface area contributed by atoms with Crippen molar-refractivity contribution in [2.45, 2.75) is 58.3 Å². The molecule has 0 fully saturated rings. The van der Waals surface area contributed by atoms with E-state index in [1.807, 2.05) is 0 Å². The fourth-order valence-electron chi connectivity index (χ4n) is 2.23. The number of rotatable bonds is 10. The molecule has 2 nitrogen and oxygen atoms in total. The lowest BCUT2D eigenvalue weighted by Gasteiger charge is -2.09. The largest absolute Gasteiger partial charge is 0.399 e. The quantitative estimate of drug-likeness (QED) is 0.463. The maximum Gasteiger partial charge on any atom is 0.151 e. The predicted molar refractivity (Wildman–Crippen MR) is 81.9 cm³/mol. The number of nitrogen functional groups attached to an aromatic ring is 1. The van der Waals surface area contributed by atoms with Gasteiger partial charge in [-0.15, -0.1) is 0 Å². The summed E-state index contributed by atoms with van der Waals surface area (Å²) in [6, 6.07) is 2.28. The van der Waals surface area contributed by atoms with Crippen molar-refractivity contribution in [3.05, 3.63) is 23.8 Å². The van der Waals surface area contributed by atoms with Crippen molar-refractivity contribution in [1.29, 1.82) is 0 Å². The molecule has 0 radical (unpaired) electrons. The molecule has 0 heterocycles. The number of hydrogen-bond acceptors (Lipinski definition) is 2. The van der Waals surface area contributed by atoms with Crippen LogP contribution in [0.15, 0.2) is 12.1 Å². The first-order valence-electron chi connectivity index (χ1n) is 7.63. The lowest BCUT2D eigenvalue weighted by atomic mass is 10.1. The summed E-state index contributed by atoms with van der Waals surface area (Å²) in [4.78, 5) is 0. The van der Waals surface area contributed by atoms with Crippen molar-refractivity contribution in [2.75, 3.05) is 17.6 Å². The predicted octanol–water partition coefficient (Wildman–Crippen LogP) is 5.10. The second kappa shape index (κ2) is 9.56. The molecule has 0 bridgehead atoms. The number of nitrogens with one attached hydrogen (secondary N) is 1. The van der Waals surface area contributed by atoms with E-state index in [-0.39, 0.29) is 11.4 Å². The van der Waals surface area contributed by atoms with E-state index in [1.54, 1.807) is 0 Å². The second-order valence-corrected chi connectivity index (χ2v) is 5.26. The molecule has 0 saturated heterocycles. The van der Waals surface area contributed by atoms with E-state index in [0.29, 0.717) is 6.54 Å². The normalized spacial score (nSPS) is 10.8. The molecular weight excluding hydrogens is 258 g/mol. The van der Waals surface area contributed by atoms with Gasteiger partial charge < -0.3 is 11.1 Å². The van der Waals surface area contributed by atoms with Crippen molar-refractivity contribution in [2.24, 2.45) is 0 Å². The second-order valence-electron chi connectivity index (χ2n) is 5.26. The number of halogens is 2. The number of hydrogen-bond donors (Lipinski definition) is 2. The molecule has 114 valence electrons. The zero-order valence-corrected chi connectivity index (χ0v) is 12.4. The Hall–Kier alpha value is -1.32. The average molecular weight is 284 g/mol. The van der Waals surface area contributed by atoms with Crippen LogP contribution in [0.1, 0.15) is 58.3 Å². The fraction of sp³-hybridized carbons (Fsp3) is 0.625. The Balaban J connectivity index is 2.13. The minimum atomic E-state index is -0.623. The molecule has 0 aliphatic carbocycles. The van der Waals surface area contributed by atoms with Crippen LogP contribution < -0.4 is 11.1 Å². The first-order valence-corrected chi connectivity index (χ1v) is 7.63. The number of nitrogens with two attached hydrogens (primary N) is 1. The van der Waals surface area contributed by atoms with Gasteiger partial charge in [0.05, 0.1) is 0 Å². The molecule has 4 heteroatoms. The maximum atomic E-state index is 13.5. The Bertz CT molecular complexity index is 371. The zero-order chi connectivity index (χ0) is 14.8. The van der Waals surface area contributed by atoms with Gasteiger partial charge >= 0.3 is 0 Å². The van der Waals surface area contributed by atoms with Crippen LogP contribution in [0.5, 0.6) is 0 Å². The van der Waals surface area contributed by atoms with Gasteiger partial charge in [-0.1, -0.05) is 51.9 Å². The number of anilines is 2. The molecule has 0 amide bonds. The molecule has 0 aliphatic heterocycles. The third-order valence-corrected chi connectivity index (χ3v) is 3.40. The summed E-state index contributed by atoms with van der Waals surface area (Å²) >= 11 is 0. The van der Waals surface area contributed by atoms with Crippen molar-refractivity contribution in [3.63, 3.8) is 0 Å². The van der Waals surface area contributed by atoms with Crippen molar-refractivity contribution >= 4 is 11.4 Å². The van der Waals surface area contributed by atoms with Crippen molar-refractivity contribution in [1.82, 2.24) is 0 Å². The van der Waals surface area contributed by atoms with Crippen molar-refractivity contribution in [3.8, 4) is 0 Å². The lowest BCUT2D eigenvalue weighted by molar-refractivity contribution is 0.574. The Morgan fingerprint density at radius 1 is 0.900 bits per heavy atom. The Morgan fingerprint density at radius 3 is 1.95 bits per heavy atom. The molecular formula is C16H26F2N2. The fourth-order valence-corrected chi connectivity index (χ4v) is 2.23. The van der Waals surface area contributed by atoms with Crippen LogP contribution in [-0.4, -0.2) is 6.54 Å². The van der Waals surface area contributed by atoms with Crippen LogP contribution in [0, 0.1) is 11.6 Å². The highest BCUT2D eigenvalue weighted by atomic mass is 19.1. The van der Waals surface area contributed by atoms with Gasteiger partial charge in [0, 0.05) is 12.2 Å². The van der Waals surface area contributed by atoms with Gasteiger partial charge in [-0.05, 0) is 18.6 Å². The van der Waals surface area contributed by atoms with Gasteiger partial charge in [0.15, 0.2) is 11.6 Å². The molecule has 3 N–H and O–H groups in total. The van der Waals surface area contributed by atoms with Gasteiger partial charge in [0.2, 0.25) is 0 Å². The molecule has 0 aromatic heterocycles. The van der Waals surface area contributed by atoms with Gasteiger partial charge in [-0.3, -0.25) is 0 Å². The summed E-state index contributed by atoms with van der Waals surface area (Å²) in [7, 11) is 0. The topological polar surface area (TPSA) is 38.0 Å². The molecule has 1 aromatic rings. The van der Waals surface area contributed by atoms with E-state index in [9.17, 15) is 8.78 Å². The Kier molecular flexibility index (Phi) is 8.00. The minimum Gasteiger partial charge on any atom is -0.399 e. The van der Waals surface area contributed by atoms with Crippen LogP contribution in [0.2, 0.25) is 0 Å². The van der Waals surface area contributed by atoms with E-state index >= 15 is 0 Å². The third kappa shape index (κ3) is 6.22. The van der Waals surface area contributed by atoms with Crippen LogP contribution in [0.4, 0.5) is 20.2 Å². The first kappa shape index (κ1) is 16.7. The van der Waals surface area contributed by atoms with Crippen LogP contribution in [-0.2, 0) is 0 Å². The highest BCUT2D eigenvalue weighted by Crippen LogP contribution is 2.21. The van der Waals surface area contributed by atoms with Crippen LogP contribution in [0.25, 0.3) is 0 Å². The molecule has 0 spiro atoms. The molecule has 0 atom stereocenters. The van der Waals surface area contributed by atoms with E-state index < -0.39 is 11.6 Å². The van der Waals surface area contributed by atoms with Crippen LogP contribution in [0.3, 0.4) is 0 Å². The highest BCUT2D eigenvalue weighted by Gasteiger charge is 2.09. The summed E-state index contributed by atoms with van der Waals surface area (Å²) < 4.78 is 27.0. The molecule has 0 aliphatic rings. The first-order chi connectivity index (χ1) is 9.65. The molecule has 1 aromatic carbocycles. The highest BCUT2D eigenvalue weighted by molar-refractivity contribution is 5.53. The van der Waals surface area contributed by atoms with Gasteiger partial charge in [0.1, 0.15) is 5.69 Å². The van der Waals surface area contributed by atoms with E-state index in [1.165, 1.54) is 38.5 Å². The minimum absolute atomic E-state index is 0.0675. The summed E-state index contributed by atoms with van der Waals surface area (Å²) in [5.41, 5.74) is 5.41. The molecule has 20 heavy (non-hydrogen) atoms. The summed E-state index contributed by atoms with van der Waals surface area (Å²) in [6.45, 7) is 2.80. The summed E-state index contributed by atoms with van der Waals surface area (Å²) in [5, 5.41) is 2.81. The summed E-state index contributed by atoms with van der Waals surface area (Å²) in [5.74, 6) is -1.25. The van der Waals surface area contributed by atoms with E-state index in [2.05, 4.69) is 12.2 Å². The Morgan fingerprint density at radius 2 is 1.40 bits per heavy atom. The third-order valence-electron chi connectivity index (χ3n) is 3.40. The monoisotopic (exact) mass is 284 g/mol. The standard InChI is InChI=1S/C16H26F2N2/c1-2-3-4-5-6-7-8-9-10-20-16-14(17)11-13(19)12-15(16)18/h11-12,20H,2-10,19H2,1H3. The Labute approximate surface area is 120 Å². The molecule has 0 saturated carbocycles. The average Bonchev–Trinajstić information content (AvgIpc) is 2.39. The van der Waals surface area contributed by atoms with E-state index in [0.717, 1.165) is 25.0 Å². The maximum absolute atomic E-state index is 13.5. The van der Waals surface area contributed by atoms with Crippen molar-refractivity contribution < 1.29 is 8.78 Å². The summed E-state index contributed by atoms with van der Waals surface area (Å²) in [6.07, 6.45) is 9.66. The zero-order valence-electron chi connectivity index (χ0n) is 12.4. The molecule has 1 rings (SSSR count). The van der Waals surface area contributed by atoms with E-state index in [4.69, 9.17) is 5.73 Å². The van der Waals surface area contributed by atoms with Crippen LogP contribution >= 0.6 is 0 Å². The van der Waals surface area contributed by atoms with Gasteiger partial charge in [-0.2, -0.15) is 0 Å².